The van der Waals surface area contributed by atoms with Crippen LogP contribution in [0.5, 0.6) is 11.5 Å². The number of aromatic hydroxyl groups is 2. The second-order valence-electron chi connectivity index (χ2n) is 9.04. The predicted octanol–water partition coefficient (Wildman–Crippen LogP) is 2.54. The lowest BCUT2D eigenvalue weighted by molar-refractivity contribution is -0.145. The highest BCUT2D eigenvalue weighted by Crippen LogP contribution is 2.13. The first-order chi connectivity index (χ1) is 18.5. The number of hydrogen-bond donors (Lipinski definition) is 6. The number of hydrogen-bond acceptors (Lipinski definition) is 9. The van der Waals surface area contributed by atoms with Gasteiger partial charge in [0.1, 0.15) is 23.3 Å². The van der Waals surface area contributed by atoms with E-state index in [0.717, 1.165) is 30.4 Å². The topological polar surface area (TPSA) is 210 Å². The summed E-state index contributed by atoms with van der Waals surface area (Å²) in [7, 11) is 0. The zero-order valence-corrected chi connectivity index (χ0v) is 21.8. The fourth-order valence-corrected chi connectivity index (χ4v) is 3.40. The number of ketones is 1. The van der Waals surface area contributed by atoms with E-state index in [1.165, 1.54) is 0 Å². The van der Waals surface area contributed by atoms with Crippen LogP contribution >= 0.6 is 0 Å². The fraction of sp³-hybridized carbons (Fsp3) is 0.429. The Morgan fingerprint density at radius 3 is 1.54 bits per heavy atom. The molecule has 11 nitrogen and oxygen atoms in total. The van der Waals surface area contributed by atoms with Gasteiger partial charge in [0.15, 0.2) is 0 Å². The van der Waals surface area contributed by atoms with Gasteiger partial charge in [0.25, 0.3) is 0 Å². The van der Waals surface area contributed by atoms with Gasteiger partial charge in [-0.05, 0) is 61.1 Å². The molecule has 0 spiro atoms. The van der Waals surface area contributed by atoms with E-state index >= 15 is 0 Å². The first-order valence-corrected chi connectivity index (χ1v) is 12.7. The van der Waals surface area contributed by atoms with Crippen LogP contribution in [0.1, 0.15) is 56.1 Å². The molecule has 0 saturated heterocycles. The van der Waals surface area contributed by atoms with Gasteiger partial charge in [0, 0.05) is 6.42 Å². The van der Waals surface area contributed by atoms with E-state index < -0.39 is 30.0 Å². The van der Waals surface area contributed by atoms with Crippen molar-refractivity contribution in [3.05, 3.63) is 59.7 Å². The summed E-state index contributed by atoms with van der Waals surface area (Å²) >= 11 is 0. The number of carboxylic acids is 2. The number of phenolic OH excluding ortho intramolecular Hbond substituents is 2. The predicted molar refractivity (Wildman–Crippen MR) is 143 cm³/mol. The molecular weight excluding hydrogens is 508 g/mol. The number of rotatable bonds is 16. The zero-order chi connectivity index (χ0) is 29.2. The van der Waals surface area contributed by atoms with E-state index in [1.54, 1.807) is 48.5 Å². The quantitative estimate of drug-likeness (QED) is 0.133. The Morgan fingerprint density at radius 2 is 1.08 bits per heavy atom. The number of carbonyl (C=O) groups is 4. The first-order valence-electron chi connectivity index (χ1n) is 12.7. The Bertz CT molecular complexity index is 957. The summed E-state index contributed by atoms with van der Waals surface area (Å²) in [6.45, 7) is 0.302. The van der Waals surface area contributed by atoms with Gasteiger partial charge < -0.3 is 36.6 Å². The molecule has 214 valence electrons. The van der Waals surface area contributed by atoms with Gasteiger partial charge in [-0.25, -0.2) is 0 Å². The summed E-state index contributed by atoms with van der Waals surface area (Å²) in [5.41, 5.74) is 13.6. The number of esters is 1. The summed E-state index contributed by atoms with van der Waals surface area (Å²) in [5, 5.41) is 34.4. The molecule has 0 aliphatic heterocycles. The van der Waals surface area contributed by atoms with Crippen molar-refractivity contribution in [2.45, 2.75) is 69.9 Å². The summed E-state index contributed by atoms with van der Waals surface area (Å²) in [5.74, 6) is -2.21. The molecule has 39 heavy (non-hydrogen) atoms. The minimum absolute atomic E-state index is 0.0275. The van der Waals surface area contributed by atoms with E-state index in [9.17, 15) is 29.4 Å². The second-order valence-corrected chi connectivity index (χ2v) is 9.04. The van der Waals surface area contributed by atoms with E-state index in [4.69, 9.17) is 26.4 Å². The molecule has 2 aromatic carbocycles. The van der Waals surface area contributed by atoms with Crippen molar-refractivity contribution in [3.63, 3.8) is 0 Å². The molecule has 0 bridgehead atoms. The number of nitrogens with two attached hydrogens (primary N) is 2. The molecule has 0 heterocycles. The molecule has 0 aliphatic rings. The second kappa shape index (κ2) is 18.3. The maximum atomic E-state index is 12.2. The molecule has 0 amide bonds. The maximum absolute atomic E-state index is 12.2. The third-order valence-corrected chi connectivity index (χ3v) is 5.61. The van der Waals surface area contributed by atoms with Gasteiger partial charge >= 0.3 is 17.9 Å². The molecule has 11 heteroatoms. The van der Waals surface area contributed by atoms with Crippen LogP contribution < -0.4 is 11.5 Å². The van der Waals surface area contributed by atoms with Crippen LogP contribution in [-0.4, -0.2) is 62.8 Å². The van der Waals surface area contributed by atoms with Crippen molar-refractivity contribution in [1.29, 1.82) is 0 Å². The van der Waals surface area contributed by atoms with Crippen LogP contribution in [0.3, 0.4) is 0 Å². The van der Waals surface area contributed by atoms with Crippen molar-refractivity contribution in [1.82, 2.24) is 0 Å². The summed E-state index contributed by atoms with van der Waals surface area (Å²) < 4.78 is 5.22. The van der Waals surface area contributed by atoms with E-state index in [-0.39, 0.29) is 30.1 Å². The molecule has 2 rings (SSSR count). The normalized spacial score (nSPS) is 11.9. The Labute approximate surface area is 227 Å². The molecule has 0 aromatic heterocycles. The Morgan fingerprint density at radius 1 is 0.641 bits per heavy atom. The van der Waals surface area contributed by atoms with Gasteiger partial charge in [0.05, 0.1) is 25.5 Å². The molecule has 0 unspecified atom stereocenters. The monoisotopic (exact) mass is 546 g/mol. The third-order valence-electron chi connectivity index (χ3n) is 5.61. The number of ether oxygens (including phenoxy) is 1. The van der Waals surface area contributed by atoms with Crippen molar-refractivity contribution in [2.75, 3.05) is 6.61 Å². The Balaban J connectivity index is 0.000000824. The number of Topliss-reactive ketones (excluding diaryl/α,β-unsaturated/α-hetero) is 1. The average Bonchev–Trinajstić information content (AvgIpc) is 2.89. The van der Waals surface area contributed by atoms with Gasteiger partial charge in [-0.3, -0.25) is 19.2 Å². The van der Waals surface area contributed by atoms with E-state index in [2.05, 4.69) is 0 Å². The molecule has 0 saturated carbocycles. The summed E-state index contributed by atoms with van der Waals surface area (Å²) in [4.78, 5) is 43.4. The number of carbonyl (C=O) groups excluding carboxylic acids is 2. The van der Waals surface area contributed by atoms with E-state index in [1.807, 2.05) is 0 Å². The van der Waals surface area contributed by atoms with Crippen molar-refractivity contribution < 1.29 is 44.3 Å². The van der Waals surface area contributed by atoms with Crippen molar-refractivity contribution in [2.24, 2.45) is 11.5 Å². The third kappa shape index (κ3) is 15.8. The lowest BCUT2D eigenvalue weighted by Crippen LogP contribution is -2.34. The summed E-state index contributed by atoms with van der Waals surface area (Å²) in [6.07, 6.45) is 3.81. The van der Waals surface area contributed by atoms with E-state index in [0.29, 0.717) is 32.3 Å². The summed E-state index contributed by atoms with van der Waals surface area (Å²) in [6, 6.07) is 12.0. The number of aliphatic carboxylic acids is 2. The molecule has 0 radical (unpaired) electrons. The molecule has 0 fully saturated rings. The first kappa shape index (κ1) is 33.1. The number of phenols is 2. The van der Waals surface area contributed by atoms with Gasteiger partial charge in [-0.1, -0.05) is 37.1 Å². The SMILES string of the molecule is N[C@@H](Cc1ccc(O)cc1)C(=O)CCCCCCOC(=O)[C@@H](N)Cc1ccc(O)cc1.O=C(O)CCC(=O)O. The van der Waals surface area contributed by atoms with Crippen LogP contribution in [0.15, 0.2) is 48.5 Å². The van der Waals surface area contributed by atoms with Gasteiger partial charge in [0.2, 0.25) is 0 Å². The van der Waals surface area contributed by atoms with Crippen molar-refractivity contribution >= 4 is 23.7 Å². The lowest BCUT2D eigenvalue weighted by atomic mass is 9.99. The maximum Gasteiger partial charge on any atom is 0.323 e. The van der Waals surface area contributed by atoms with Gasteiger partial charge in [-0.15, -0.1) is 0 Å². The van der Waals surface area contributed by atoms with Crippen LogP contribution in [0.25, 0.3) is 0 Å². The smallest absolute Gasteiger partial charge is 0.323 e. The van der Waals surface area contributed by atoms with Crippen LogP contribution in [0.4, 0.5) is 0 Å². The average molecular weight is 547 g/mol. The number of benzene rings is 2. The van der Waals surface area contributed by atoms with Crippen LogP contribution in [0.2, 0.25) is 0 Å². The fourth-order valence-electron chi connectivity index (χ4n) is 3.40. The Kier molecular flexibility index (Phi) is 15.5. The van der Waals surface area contributed by atoms with Gasteiger partial charge in [-0.2, -0.15) is 0 Å². The number of carboxylic acid groups (broad SMARTS) is 2. The molecule has 8 N–H and O–H groups in total. The number of unbranched alkanes of at least 4 members (excludes halogenated alkanes) is 3. The van der Waals surface area contributed by atoms with Crippen LogP contribution in [-0.2, 0) is 36.8 Å². The minimum atomic E-state index is -1.08. The highest BCUT2D eigenvalue weighted by Gasteiger charge is 2.16. The highest BCUT2D eigenvalue weighted by atomic mass is 16.5. The standard InChI is InChI=1S/C24H32N2O5.C4H6O4/c25-21(15-17-6-10-19(27)11-7-17)23(29)5-3-1-2-4-14-31-24(30)22(26)16-18-8-12-20(28)13-9-18;5-3(6)1-2-4(7)8/h6-13,21-22,27-28H,1-5,14-16,25-26H2;1-2H2,(H,5,6)(H,7,8)/t21-,22-;/m0./s1. The lowest BCUT2D eigenvalue weighted by Gasteiger charge is -2.12. The minimum Gasteiger partial charge on any atom is -0.508 e. The molecule has 0 aliphatic carbocycles. The molecular formula is C28H38N2O9. The largest absolute Gasteiger partial charge is 0.508 e. The highest BCUT2D eigenvalue weighted by molar-refractivity contribution is 5.84. The van der Waals surface area contributed by atoms with Crippen LogP contribution in [0, 0.1) is 0 Å². The molecule has 2 aromatic rings. The van der Waals surface area contributed by atoms with Crippen molar-refractivity contribution in [3.8, 4) is 11.5 Å². The zero-order valence-electron chi connectivity index (χ0n) is 21.8. The molecule has 2 atom stereocenters. The Hall–Kier alpha value is -3.96.